The number of halogens is 1. The van der Waals surface area contributed by atoms with E-state index in [1.54, 1.807) is 31.2 Å². The number of benzene rings is 1. The molecule has 1 aromatic carbocycles. The number of rotatable bonds is 15. The molecule has 1 N–H and O–H groups in total. The number of carbonyl (C=O) groups excluding carboxylic acids is 2. The number of esters is 2. The molecule has 0 bridgehead atoms. The van der Waals surface area contributed by atoms with E-state index in [1.807, 2.05) is 0 Å². The van der Waals surface area contributed by atoms with Crippen LogP contribution in [0.25, 0.3) is 0 Å². The van der Waals surface area contributed by atoms with Gasteiger partial charge in [-0.3, -0.25) is 10.1 Å². The van der Waals surface area contributed by atoms with E-state index in [1.165, 1.54) is 13.2 Å². The Kier molecular flexibility index (Phi) is 13.2. The summed E-state index contributed by atoms with van der Waals surface area (Å²) in [7, 11) is -0.420. The van der Waals surface area contributed by atoms with Gasteiger partial charge in [-0.25, -0.2) is 4.79 Å². The summed E-state index contributed by atoms with van der Waals surface area (Å²) in [6.07, 6.45) is 3.95. The Morgan fingerprint density at radius 1 is 1.22 bits per heavy atom. The fourth-order valence-corrected chi connectivity index (χ4v) is 5.09. The number of nitrogens with one attached hydrogen (secondary N) is 1. The third kappa shape index (κ3) is 11.1. The molecule has 1 aromatic rings. The molecule has 0 fully saturated rings. The van der Waals surface area contributed by atoms with Crippen molar-refractivity contribution in [2.45, 2.75) is 58.3 Å². The van der Waals surface area contributed by atoms with Crippen molar-refractivity contribution in [1.29, 1.82) is 0 Å². The maximum Gasteiger partial charge on any atom is 0.334 e. The van der Waals surface area contributed by atoms with Crippen molar-refractivity contribution >= 4 is 31.9 Å². The maximum atomic E-state index is 12.3. The maximum absolute atomic E-state index is 12.3. The van der Waals surface area contributed by atoms with Gasteiger partial charge in [0.25, 0.3) is 0 Å². The van der Waals surface area contributed by atoms with E-state index in [4.69, 9.17) is 30.2 Å². The minimum atomic E-state index is -1.76. The van der Waals surface area contributed by atoms with Gasteiger partial charge in [-0.2, -0.15) is 0 Å². The molecule has 0 spiro atoms. The molecule has 1 atom stereocenters. The largest absolute Gasteiger partial charge is 0.468 e. The number of methoxy groups -OCH3 is 1. The van der Waals surface area contributed by atoms with E-state index in [0.29, 0.717) is 23.8 Å². The van der Waals surface area contributed by atoms with Gasteiger partial charge in [0.15, 0.2) is 8.32 Å². The van der Waals surface area contributed by atoms with E-state index < -0.39 is 26.3 Å². The number of hydrogen-bond donors (Lipinski definition) is 1. The van der Waals surface area contributed by atoms with E-state index in [9.17, 15) is 9.59 Å². The summed E-state index contributed by atoms with van der Waals surface area (Å²) < 4.78 is 21.9. The minimum Gasteiger partial charge on any atom is -0.468 e. The Bertz CT molecular complexity index is 756. The summed E-state index contributed by atoms with van der Waals surface area (Å²) in [6.45, 7) is 9.02. The van der Waals surface area contributed by atoms with Gasteiger partial charge in [0.2, 0.25) is 0 Å². The summed E-state index contributed by atoms with van der Waals surface area (Å²) in [6, 6.07) is 7.39. The zero-order valence-corrected chi connectivity index (χ0v) is 21.5. The second kappa shape index (κ2) is 15.1. The first-order valence-electron chi connectivity index (χ1n) is 11.0. The highest BCUT2D eigenvalue weighted by atomic mass is 35.5. The van der Waals surface area contributed by atoms with E-state index >= 15 is 0 Å². The summed E-state index contributed by atoms with van der Waals surface area (Å²) in [5, 5.41) is 3.51. The van der Waals surface area contributed by atoms with Gasteiger partial charge in [-0.05, 0) is 44.6 Å². The van der Waals surface area contributed by atoms with Crippen LogP contribution in [0, 0.1) is 0 Å². The van der Waals surface area contributed by atoms with E-state index in [-0.39, 0.29) is 18.9 Å². The number of unbranched alkanes of at least 4 members (excludes halogenated alkanes) is 1. The average Bonchev–Trinajstić information content (AvgIpc) is 2.75. The molecule has 0 radical (unpaired) electrons. The van der Waals surface area contributed by atoms with Crippen molar-refractivity contribution in [1.82, 2.24) is 5.32 Å². The summed E-state index contributed by atoms with van der Waals surface area (Å²) in [5.41, 5.74) is 0. The molecule has 0 aliphatic rings. The van der Waals surface area contributed by atoms with Crippen LogP contribution >= 0.6 is 11.6 Å². The van der Waals surface area contributed by atoms with Gasteiger partial charge in [-0.15, -0.1) is 0 Å². The second-order valence-corrected chi connectivity index (χ2v) is 12.6. The van der Waals surface area contributed by atoms with Crippen LogP contribution in [0.4, 0.5) is 0 Å². The molecule has 180 valence electrons. The van der Waals surface area contributed by atoms with Crippen LogP contribution in [0.1, 0.15) is 33.1 Å². The molecule has 0 aromatic heterocycles. The van der Waals surface area contributed by atoms with Gasteiger partial charge < -0.3 is 18.6 Å². The van der Waals surface area contributed by atoms with Crippen molar-refractivity contribution in [3.05, 3.63) is 41.1 Å². The number of carbonyl (C=O) groups is 2. The highest BCUT2D eigenvalue weighted by molar-refractivity contribution is 6.71. The molecule has 0 saturated heterocycles. The standard InChI is InChI=1S/C23H36ClNO6Si/c1-6-8-15-32(4,5)30-14-13-20(23(27)28-3)25-17-18(16-22(26)29-7-2)31-21-12-10-9-11-19(21)24/h9-12,16,20,25H,6-8,13-15,17H2,1-5H3/t20-/m0/s1. The highest BCUT2D eigenvalue weighted by Gasteiger charge is 2.24. The van der Waals surface area contributed by atoms with Gasteiger partial charge >= 0.3 is 11.9 Å². The highest BCUT2D eigenvalue weighted by Crippen LogP contribution is 2.25. The fourth-order valence-electron chi connectivity index (χ4n) is 2.90. The molecule has 7 nitrogen and oxygen atoms in total. The first-order valence-corrected chi connectivity index (χ1v) is 14.5. The van der Waals surface area contributed by atoms with Crippen molar-refractivity contribution in [3.8, 4) is 5.75 Å². The molecule has 0 saturated carbocycles. The minimum absolute atomic E-state index is 0.0977. The third-order valence-electron chi connectivity index (χ3n) is 4.68. The number of para-hydroxylation sites is 1. The van der Waals surface area contributed by atoms with Crippen LogP contribution in [-0.2, 0) is 23.5 Å². The lowest BCUT2D eigenvalue weighted by molar-refractivity contribution is -0.143. The SMILES string of the molecule is CCCC[Si](C)(C)OCC[C@H](NCC(=CC(=O)OCC)Oc1ccccc1Cl)C(=O)OC. The number of hydrogen-bond acceptors (Lipinski definition) is 7. The van der Waals surface area contributed by atoms with Crippen LogP contribution in [-0.4, -0.2) is 53.2 Å². The zero-order valence-electron chi connectivity index (χ0n) is 19.7. The molecule has 9 heteroatoms. The number of ether oxygens (including phenoxy) is 3. The van der Waals surface area contributed by atoms with Crippen LogP contribution in [0.15, 0.2) is 36.1 Å². The quantitative estimate of drug-likeness (QED) is 0.167. The molecule has 0 heterocycles. The van der Waals surface area contributed by atoms with Gasteiger partial charge in [0.1, 0.15) is 17.6 Å². The smallest absolute Gasteiger partial charge is 0.334 e. The van der Waals surface area contributed by atoms with Gasteiger partial charge in [0, 0.05) is 6.61 Å². The predicted molar refractivity (Wildman–Crippen MR) is 128 cm³/mol. The summed E-state index contributed by atoms with van der Waals surface area (Å²) >= 11 is 6.17. The van der Waals surface area contributed by atoms with Crippen molar-refractivity contribution < 1.29 is 28.2 Å². The average molecular weight is 486 g/mol. The topological polar surface area (TPSA) is 83.1 Å². The second-order valence-electron chi connectivity index (χ2n) is 7.85. The normalized spacial score (nSPS) is 12.9. The lowest BCUT2D eigenvalue weighted by Gasteiger charge is -2.24. The van der Waals surface area contributed by atoms with Crippen LogP contribution in [0.5, 0.6) is 5.75 Å². The first kappa shape index (κ1) is 28.2. The predicted octanol–water partition coefficient (Wildman–Crippen LogP) is 4.71. The van der Waals surface area contributed by atoms with Crippen LogP contribution < -0.4 is 10.1 Å². The molecular formula is C23H36ClNO6Si. The van der Waals surface area contributed by atoms with Gasteiger partial charge in [0.05, 0.1) is 31.4 Å². The molecule has 0 amide bonds. The van der Waals surface area contributed by atoms with Crippen molar-refractivity contribution in [2.75, 3.05) is 26.9 Å². The molecular weight excluding hydrogens is 450 g/mol. The fraction of sp³-hybridized carbons (Fsp3) is 0.565. The van der Waals surface area contributed by atoms with Crippen LogP contribution in [0.3, 0.4) is 0 Å². The Balaban J connectivity index is 2.82. The van der Waals surface area contributed by atoms with Crippen molar-refractivity contribution in [2.24, 2.45) is 0 Å². The summed E-state index contributed by atoms with van der Waals surface area (Å²) in [4.78, 5) is 24.3. The summed E-state index contributed by atoms with van der Waals surface area (Å²) in [5.74, 6) is -0.287. The molecule has 0 unspecified atom stereocenters. The molecule has 0 aliphatic carbocycles. The van der Waals surface area contributed by atoms with Gasteiger partial charge in [-0.1, -0.05) is 43.5 Å². The van der Waals surface area contributed by atoms with Crippen molar-refractivity contribution in [3.63, 3.8) is 0 Å². The van der Waals surface area contributed by atoms with E-state index in [2.05, 4.69) is 25.3 Å². The Morgan fingerprint density at radius 2 is 1.94 bits per heavy atom. The monoisotopic (exact) mass is 485 g/mol. The Hall–Kier alpha value is -1.87. The zero-order chi connectivity index (χ0) is 24.0. The third-order valence-corrected chi connectivity index (χ3v) is 7.54. The van der Waals surface area contributed by atoms with Crippen LogP contribution in [0.2, 0.25) is 24.2 Å². The molecule has 0 aliphatic heterocycles. The Labute approximate surface area is 197 Å². The lowest BCUT2D eigenvalue weighted by Crippen LogP contribution is -2.41. The molecule has 32 heavy (non-hydrogen) atoms. The molecule has 1 rings (SSSR count). The Morgan fingerprint density at radius 3 is 2.56 bits per heavy atom. The first-order chi connectivity index (χ1) is 15.2. The van der Waals surface area contributed by atoms with E-state index in [0.717, 1.165) is 18.9 Å². The lowest BCUT2D eigenvalue weighted by atomic mass is 10.2.